The SMILES string of the molecule is CC(C)(C)OC(=O)NCc1cccc(-c2ccccc2CN)c1. The Morgan fingerprint density at radius 1 is 1.13 bits per heavy atom. The third-order valence-corrected chi connectivity index (χ3v) is 3.31. The number of nitrogens with one attached hydrogen (secondary N) is 1. The second-order valence-corrected chi connectivity index (χ2v) is 6.42. The van der Waals surface area contributed by atoms with E-state index in [2.05, 4.69) is 17.4 Å². The van der Waals surface area contributed by atoms with Crippen molar-refractivity contribution in [3.05, 3.63) is 59.7 Å². The molecule has 0 fully saturated rings. The van der Waals surface area contributed by atoms with Gasteiger partial charge in [-0.2, -0.15) is 0 Å². The van der Waals surface area contributed by atoms with E-state index < -0.39 is 11.7 Å². The van der Waals surface area contributed by atoms with E-state index in [0.717, 1.165) is 22.3 Å². The number of carbonyl (C=O) groups is 1. The van der Waals surface area contributed by atoms with Gasteiger partial charge < -0.3 is 15.8 Å². The second kappa shape index (κ2) is 7.29. The Labute approximate surface area is 137 Å². The molecule has 2 rings (SSSR count). The fourth-order valence-corrected chi connectivity index (χ4v) is 2.32. The zero-order valence-electron chi connectivity index (χ0n) is 13.9. The van der Waals surface area contributed by atoms with Gasteiger partial charge in [-0.1, -0.05) is 42.5 Å². The number of carbonyl (C=O) groups excluding carboxylic acids is 1. The zero-order valence-corrected chi connectivity index (χ0v) is 13.9. The van der Waals surface area contributed by atoms with Gasteiger partial charge >= 0.3 is 6.09 Å². The fourth-order valence-electron chi connectivity index (χ4n) is 2.32. The summed E-state index contributed by atoms with van der Waals surface area (Å²) in [5.74, 6) is 0. The molecule has 0 atom stereocenters. The second-order valence-electron chi connectivity index (χ2n) is 6.42. The Morgan fingerprint density at radius 2 is 1.87 bits per heavy atom. The van der Waals surface area contributed by atoms with Gasteiger partial charge in [0.25, 0.3) is 0 Å². The van der Waals surface area contributed by atoms with Crippen molar-refractivity contribution < 1.29 is 9.53 Å². The maximum absolute atomic E-state index is 11.7. The van der Waals surface area contributed by atoms with E-state index in [4.69, 9.17) is 10.5 Å². The summed E-state index contributed by atoms with van der Waals surface area (Å²) in [6.07, 6.45) is -0.412. The largest absolute Gasteiger partial charge is 0.444 e. The van der Waals surface area contributed by atoms with Crippen molar-refractivity contribution in [3.63, 3.8) is 0 Å². The Kier molecular flexibility index (Phi) is 5.40. The van der Waals surface area contributed by atoms with Gasteiger partial charge in [-0.15, -0.1) is 0 Å². The summed E-state index contributed by atoms with van der Waals surface area (Å²) in [5, 5.41) is 2.78. The van der Waals surface area contributed by atoms with Crippen LogP contribution in [0.25, 0.3) is 11.1 Å². The average molecular weight is 312 g/mol. The quantitative estimate of drug-likeness (QED) is 0.901. The van der Waals surface area contributed by atoms with Crippen LogP contribution in [0.3, 0.4) is 0 Å². The topological polar surface area (TPSA) is 64.3 Å². The molecule has 0 spiro atoms. The van der Waals surface area contributed by atoms with E-state index in [1.54, 1.807) is 0 Å². The number of hydrogen-bond acceptors (Lipinski definition) is 3. The molecule has 3 N–H and O–H groups in total. The highest BCUT2D eigenvalue weighted by atomic mass is 16.6. The lowest BCUT2D eigenvalue weighted by atomic mass is 9.98. The van der Waals surface area contributed by atoms with Crippen molar-refractivity contribution in [1.29, 1.82) is 0 Å². The molecule has 0 radical (unpaired) electrons. The summed E-state index contributed by atoms with van der Waals surface area (Å²) in [7, 11) is 0. The lowest BCUT2D eigenvalue weighted by Gasteiger charge is -2.19. The van der Waals surface area contributed by atoms with Gasteiger partial charge in [-0.25, -0.2) is 4.79 Å². The minimum atomic E-state index is -0.494. The molecule has 23 heavy (non-hydrogen) atoms. The molecule has 0 aliphatic rings. The number of ether oxygens (including phenoxy) is 1. The van der Waals surface area contributed by atoms with E-state index in [0.29, 0.717) is 13.1 Å². The van der Waals surface area contributed by atoms with Crippen LogP contribution < -0.4 is 11.1 Å². The number of hydrogen-bond donors (Lipinski definition) is 2. The number of rotatable bonds is 4. The summed E-state index contributed by atoms with van der Waals surface area (Å²) < 4.78 is 5.24. The molecule has 122 valence electrons. The van der Waals surface area contributed by atoms with Crippen molar-refractivity contribution in [2.24, 2.45) is 5.73 Å². The summed E-state index contributed by atoms with van der Waals surface area (Å²) in [5.41, 5.74) is 9.64. The number of alkyl carbamates (subject to hydrolysis) is 1. The monoisotopic (exact) mass is 312 g/mol. The van der Waals surface area contributed by atoms with Gasteiger partial charge in [0, 0.05) is 13.1 Å². The fraction of sp³-hybridized carbons (Fsp3) is 0.316. The van der Waals surface area contributed by atoms with Crippen molar-refractivity contribution in [1.82, 2.24) is 5.32 Å². The highest BCUT2D eigenvalue weighted by molar-refractivity contribution is 5.69. The highest BCUT2D eigenvalue weighted by Gasteiger charge is 2.15. The predicted molar refractivity (Wildman–Crippen MR) is 92.8 cm³/mol. The highest BCUT2D eigenvalue weighted by Crippen LogP contribution is 2.24. The molecule has 4 nitrogen and oxygen atoms in total. The summed E-state index contributed by atoms with van der Waals surface area (Å²) in [4.78, 5) is 11.7. The molecule has 2 aromatic rings. The Balaban J connectivity index is 2.10. The molecule has 1 amide bonds. The van der Waals surface area contributed by atoms with E-state index >= 15 is 0 Å². The van der Waals surface area contributed by atoms with Crippen LogP contribution in [0.1, 0.15) is 31.9 Å². The van der Waals surface area contributed by atoms with Crippen LogP contribution in [-0.2, 0) is 17.8 Å². The first kappa shape index (κ1) is 17.0. The van der Waals surface area contributed by atoms with Crippen LogP contribution in [-0.4, -0.2) is 11.7 Å². The smallest absolute Gasteiger partial charge is 0.407 e. The van der Waals surface area contributed by atoms with E-state index in [1.165, 1.54) is 0 Å². The maximum Gasteiger partial charge on any atom is 0.407 e. The molecular formula is C19H24N2O2. The molecule has 0 aliphatic carbocycles. The molecule has 0 aliphatic heterocycles. The zero-order chi connectivity index (χ0) is 16.9. The van der Waals surface area contributed by atoms with Crippen molar-refractivity contribution >= 4 is 6.09 Å². The number of benzene rings is 2. The third kappa shape index (κ3) is 5.11. The third-order valence-electron chi connectivity index (χ3n) is 3.31. The molecule has 0 saturated heterocycles. The van der Waals surface area contributed by atoms with E-state index in [9.17, 15) is 4.79 Å². The van der Waals surface area contributed by atoms with Crippen molar-refractivity contribution in [2.75, 3.05) is 0 Å². The normalized spacial score (nSPS) is 11.1. The standard InChI is InChI=1S/C19H24N2O2/c1-19(2,3)23-18(22)21-13-14-7-6-9-15(11-14)17-10-5-4-8-16(17)12-20/h4-11H,12-13,20H2,1-3H3,(H,21,22). The van der Waals surface area contributed by atoms with Crippen LogP contribution >= 0.6 is 0 Å². The van der Waals surface area contributed by atoms with E-state index in [1.807, 2.05) is 57.2 Å². The Morgan fingerprint density at radius 3 is 2.57 bits per heavy atom. The van der Waals surface area contributed by atoms with Gasteiger partial charge in [0.15, 0.2) is 0 Å². The molecule has 0 unspecified atom stereocenters. The molecule has 0 heterocycles. The van der Waals surface area contributed by atoms with Crippen LogP contribution in [0.4, 0.5) is 4.79 Å². The van der Waals surface area contributed by atoms with Crippen LogP contribution in [0.5, 0.6) is 0 Å². The van der Waals surface area contributed by atoms with Crippen molar-refractivity contribution in [2.45, 2.75) is 39.5 Å². The maximum atomic E-state index is 11.7. The van der Waals surface area contributed by atoms with Gasteiger partial charge in [-0.05, 0) is 49.1 Å². The lowest BCUT2D eigenvalue weighted by molar-refractivity contribution is 0.0523. The van der Waals surface area contributed by atoms with E-state index in [-0.39, 0.29) is 0 Å². The first-order chi connectivity index (χ1) is 10.9. The van der Waals surface area contributed by atoms with Gasteiger partial charge in [-0.3, -0.25) is 0 Å². The lowest BCUT2D eigenvalue weighted by Crippen LogP contribution is -2.32. The summed E-state index contributed by atoms with van der Waals surface area (Å²) in [6, 6.07) is 16.1. The number of amides is 1. The van der Waals surface area contributed by atoms with Gasteiger partial charge in [0.2, 0.25) is 0 Å². The molecule has 2 aromatic carbocycles. The van der Waals surface area contributed by atoms with Crippen molar-refractivity contribution in [3.8, 4) is 11.1 Å². The molecule has 4 heteroatoms. The first-order valence-corrected chi connectivity index (χ1v) is 7.73. The Bertz CT molecular complexity index is 675. The molecule has 0 saturated carbocycles. The first-order valence-electron chi connectivity index (χ1n) is 7.73. The van der Waals surface area contributed by atoms with Gasteiger partial charge in [0.1, 0.15) is 5.60 Å². The van der Waals surface area contributed by atoms with Crippen LogP contribution in [0.2, 0.25) is 0 Å². The minimum Gasteiger partial charge on any atom is -0.444 e. The van der Waals surface area contributed by atoms with Crippen LogP contribution in [0, 0.1) is 0 Å². The molecule has 0 bridgehead atoms. The summed E-state index contributed by atoms with van der Waals surface area (Å²) >= 11 is 0. The molecular weight excluding hydrogens is 288 g/mol. The summed E-state index contributed by atoms with van der Waals surface area (Å²) in [6.45, 7) is 6.45. The van der Waals surface area contributed by atoms with Gasteiger partial charge in [0.05, 0.1) is 0 Å². The molecule has 0 aromatic heterocycles. The van der Waals surface area contributed by atoms with Crippen LogP contribution in [0.15, 0.2) is 48.5 Å². The minimum absolute atomic E-state index is 0.412. The Hall–Kier alpha value is -2.33. The number of nitrogens with two attached hydrogens (primary N) is 1. The average Bonchev–Trinajstić information content (AvgIpc) is 2.51. The predicted octanol–water partition coefficient (Wildman–Crippen LogP) is 3.84.